The first-order valence-electron chi connectivity index (χ1n) is 11.2. The summed E-state index contributed by atoms with van der Waals surface area (Å²) in [5.41, 5.74) is 2.73. The SMILES string of the molecule is CCCn1cc(-c2cc(Oc3ccc4nc(N[C@H]5CCCC[C@@H]5O)sc4c3)ccn2)cn1. The third-order valence-electron chi connectivity index (χ3n) is 5.75. The summed E-state index contributed by atoms with van der Waals surface area (Å²) >= 11 is 1.59. The van der Waals surface area contributed by atoms with Crippen molar-refractivity contribution in [3.8, 4) is 22.8 Å². The van der Waals surface area contributed by atoms with Gasteiger partial charge in [-0.25, -0.2) is 4.98 Å². The fourth-order valence-electron chi connectivity index (χ4n) is 4.08. The number of aliphatic hydroxyl groups is 1. The maximum absolute atomic E-state index is 10.2. The van der Waals surface area contributed by atoms with Crippen LogP contribution in [0.4, 0.5) is 5.13 Å². The second kappa shape index (κ2) is 9.26. The van der Waals surface area contributed by atoms with E-state index in [1.54, 1.807) is 17.5 Å². The van der Waals surface area contributed by atoms with E-state index in [0.29, 0.717) is 0 Å². The van der Waals surface area contributed by atoms with Crippen LogP contribution in [0.1, 0.15) is 39.0 Å². The number of aromatic nitrogens is 4. The van der Waals surface area contributed by atoms with E-state index >= 15 is 0 Å². The van der Waals surface area contributed by atoms with Gasteiger partial charge in [-0.15, -0.1) is 0 Å². The number of hydrogen-bond donors (Lipinski definition) is 2. The summed E-state index contributed by atoms with van der Waals surface area (Å²) in [5, 5.41) is 18.9. The summed E-state index contributed by atoms with van der Waals surface area (Å²) in [4.78, 5) is 9.15. The lowest BCUT2D eigenvalue weighted by Crippen LogP contribution is -2.36. The predicted octanol–water partition coefficient (Wildman–Crippen LogP) is 5.47. The minimum Gasteiger partial charge on any atom is -0.457 e. The normalized spacial score (nSPS) is 18.7. The maximum atomic E-state index is 10.2. The average molecular weight is 450 g/mol. The fraction of sp³-hybridized carbons (Fsp3) is 0.375. The van der Waals surface area contributed by atoms with E-state index in [-0.39, 0.29) is 12.1 Å². The number of hydrogen-bond acceptors (Lipinski definition) is 7. The third-order valence-corrected chi connectivity index (χ3v) is 6.70. The number of nitrogens with zero attached hydrogens (tertiary/aromatic N) is 4. The van der Waals surface area contributed by atoms with Gasteiger partial charge in [0.05, 0.1) is 34.3 Å². The molecule has 8 heteroatoms. The second-order valence-corrected chi connectivity index (χ2v) is 9.25. The molecule has 3 aromatic heterocycles. The predicted molar refractivity (Wildman–Crippen MR) is 127 cm³/mol. The highest BCUT2D eigenvalue weighted by atomic mass is 32.1. The smallest absolute Gasteiger partial charge is 0.184 e. The van der Waals surface area contributed by atoms with Gasteiger partial charge in [-0.3, -0.25) is 9.67 Å². The molecule has 0 unspecified atom stereocenters. The van der Waals surface area contributed by atoms with Crippen molar-refractivity contribution in [3.63, 3.8) is 0 Å². The first kappa shape index (κ1) is 20.9. The molecule has 0 saturated heterocycles. The van der Waals surface area contributed by atoms with Crippen LogP contribution in [-0.2, 0) is 6.54 Å². The van der Waals surface area contributed by atoms with Gasteiger partial charge in [0.2, 0.25) is 0 Å². The second-order valence-electron chi connectivity index (χ2n) is 8.22. The van der Waals surface area contributed by atoms with E-state index in [4.69, 9.17) is 4.74 Å². The monoisotopic (exact) mass is 449 g/mol. The molecule has 0 bridgehead atoms. The Bertz CT molecular complexity index is 1200. The van der Waals surface area contributed by atoms with Crippen LogP contribution in [0.2, 0.25) is 0 Å². The van der Waals surface area contributed by atoms with Gasteiger partial charge in [-0.1, -0.05) is 31.1 Å². The molecule has 0 spiro atoms. The van der Waals surface area contributed by atoms with E-state index in [0.717, 1.165) is 76.8 Å². The van der Waals surface area contributed by atoms with E-state index in [2.05, 4.69) is 27.3 Å². The Labute approximate surface area is 191 Å². The highest BCUT2D eigenvalue weighted by Crippen LogP contribution is 2.33. The van der Waals surface area contributed by atoms with Gasteiger partial charge in [0.15, 0.2) is 5.13 Å². The van der Waals surface area contributed by atoms with Crippen molar-refractivity contribution in [1.82, 2.24) is 19.7 Å². The van der Waals surface area contributed by atoms with Crippen molar-refractivity contribution in [2.45, 2.75) is 57.7 Å². The Kier molecular flexibility index (Phi) is 6.05. The van der Waals surface area contributed by atoms with Crippen LogP contribution < -0.4 is 10.1 Å². The molecule has 5 rings (SSSR count). The van der Waals surface area contributed by atoms with Gasteiger partial charge < -0.3 is 15.2 Å². The van der Waals surface area contributed by atoms with Gasteiger partial charge in [-0.2, -0.15) is 5.10 Å². The highest BCUT2D eigenvalue weighted by molar-refractivity contribution is 7.22. The molecule has 32 heavy (non-hydrogen) atoms. The Morgan fingerprint density at radius 3 is 2.94 bits per heavy atom. The van der Waals surface area contributed by atoms with Crippen molar-refractivity contribution in [1.29, 1.82) is 0 Å². The zero-order valence-electron chi connectivity index (χ0n) is 18.1. The number of benzene rings is 1. The minimum atomic E-state index is -0.301. The molecule has 166 valence electrons. The number of fused-ring (bicyclic) bond motifs is 1. The van der Waals surface area contributed by atoms with Crippen LogP contribution >= 0.6 is 11.3 Å². The van der Waals surface area contributed by atoms with Crippen molar-refractivity contribution >= 4 is 26.7 Å². The summed E-state index contributed by atoms with van der Waals surface area (Å²) in [7, 11) is 0. The van der Waals surface area contributed by atoms with Gasteiger partial charge in [0.25, 0.3) is 0 Å². The lowest BCUT2D eigenvalue weighted by Gasteiger charge is -2.27. The topological polar surface area (TPSA) is 85.1 Å². The molecule has 1 aromatic carbocycles. The Morgan fingerprint density at radius 1 is 1.19 bits per heavy atom. The molecule has 0 aliphatic heterocycles. The van der Waals surface area contributed by atoms with Crippen molar-refractivity contribution in [3.05, 3.63) is 48.9 Å². The van der Waals surface area contributed by atoms with Gasteiger partial charge in [-0.05, 0) is 37.5 Å². The van der Waals surface area contributed by atoms with Gasteiger partial charge >= 0.3 is 0 Å². The molecule has 4 aromatic rings. The summed E-state index contributed by atoms with van der Waals surface area (Å²) in [5.74, 6) is 1.48. The van der Waals surface area contributed by atoms with Crippen LogP contribution in [0.25, 0.3) is 21.5 Å². The summed E-state index contributed by atoms with van der Waals surface area (Å²) in [6.45, 7) is 3.02. The van der Waals surface area contributed by atoms with E-state index in [1.807, 2.05) is 47.4 Å². The summed E-state index contributed by atoms with van der Waals surface area (Å²) in [6.07, 6.45) is 10.4. The fourth-order valence-corrected chi connectivity index (χ4v) is 5.04. The molecule has 1 aliphatic rings. The van der Waals surface area contributed by atoms with Crippen LogP contribution in [0, 0.1) is 0 Å². The van der Waals surface area contributed by atoms with Gasteiger partial charge in [0, 0.05) is 36.6 Å². The standard InChI is InChI=1S/C24H27N5O2S/c1-2-11-29-15-16(14-26-29)21-12-18(9-10-25-21)31-17-7-8-20-23(13-17)32-24(28-20)27-19-5-3-4-6-22(19)30/h7-10,12-15,19,22,30H,2-6,11H2,1H3,(H,27,28)/t19-,22-/m0/s1. The first-order valence-corrected chi connectivity index (χ1v) is 12.0. The van der Waals surface area contributed by atoms with E-state index < -0.39 is 0 Å². The van der Waals surface area contributed by atoms with Crippen LogP contribution in [-0.4, -0.2) is 37.0 Å². The Balaban J connectivity index is 1.31. The van der Waals surface area contributed by atoms with E-state index in [9.17, 15) is 5.11 Å². The van der Waals surface area contributed by atoms with Crippen LogP contribution in [0.3, 0.4) is 0 Å². The van der Waals surface area contributed by atoms with Crippen molar-refractivity contribution in [2.24, 2.45) is 0 Å². The number of rotatable bonds is 7. The van der Waals surface area contributed by atoms with E-state index in [1.165, 1.54) is 0 Å². The molecule has 1 saturated carbocycles. The molecule has 3 heterocycles. The Hall–Kier alpha value is -2.97. The molecule has 2 atom stereocenters. The largest absolute Gasteiger partial charge is 0.457 e. The van der Waals surface area contributed by atoms with Gasteiger partial charge in [0.1, 0.15) is 11.5 Å². The lowest BCUT2D eigenvalue weighted by molar-refractivity contribution is 0.116. The van der Waals surface area contributed by atoms with Crippen molar-refractivity contribution in [2.75, 3.05) is 5.32 Å². The maximum Gasteiger partial charge on any atom is 0.184 e. The number of anilines is 1. The number of nitrogens with one attached hydrogen (secondary N) is 1. The molecule has 0 radical (unpaired) electrons. The zero-order chi connectivity index (χ0) is 21.9. The molecular weight excluding hydrogens is 422 g/mol. The van der Waals surface area contributed by atoms with Crippen molar-refractivity contribution < 1.29 is 9.84 Å². The number of thiazole rings is 1. The number of aliphatic hydroxyl groups excluding tert-OH is 1. The number of aryl methyl sites for hydroxylation is 1. The molecule has 2 N–H and O–H groups in total. The van der Waals surface area contributed by atoms with Crippen LogP contribution in [0.15, 0.2) is 48.9 Å². The summed E-state index contributed by atoms with van der Waals surface area (Å²) < 4.78 is 9.11. The Morgan fingerprint density at radius 2 is 2.06 bits per heavy atom. The zero-order valence-corrected chi connectivity index (χ0v) is 18.9. The number of ether oxygens (including phenoxy) is 1. The molecule has 7 nitrogen and oxygen atoms in total. The highest BCUT2D eigenvalue weighted by Gasteiger charge is 2.23. The first-order chi connectivity index (χ1) is 15.7. The third kappa shape index (κ3) is 4.61. The quantitative estimate of drug-likeness (QED) is 0.389. The molecular formula is C24H27N5O2S. The molecule has 0 amide bonds. The average Bonchev–Trinajstić information content (AvgIpc) is 3.42. The minimum absolute atomic E-state index is 0.0805. The van der Waals surface area contributed by atoms with Crippen LogP contribution in [0.5, 0.6) is 11.5 Å². The lowest BCUT2D eigenvalue weighted by atomic mass is 9.93. The summed E-state index contributed by atoms with van der Waals surface area (Å²) in [6, 6.07) is 9.78. The number of pyridine rings is 1. The molecule has 1 fully saturated rings. The molecule has 1 aliphatic carbocycles.